The zero-order valence-electron chi connectivity index (χ0n) is 10.7. The smallest absolute Gasteiger partial charge is 0.107 e. The Morgan fingerprint density at radius 3 is 3.21 bits per heavy atom. The number of nitrogens with zero attached hydrogens (tertiary/aromatic N) is 1. The lowest BCUT2D eigenvalue weighted by molar-refractivity contribution is 0.199. The standard InChI is InChI=1S/C14H15ClN2OS/c1-18-5-4-16-8-13-17-14-11-3-2-10(15)6-9(11)7-12(14)19-13/h2-3,6,16H,4-5,7-8H2,1H3. The van der Waals surface area contributed by atoms with Crippen LogP contribution >= 0.6 is 22.9 Å². The number of thiazole rings is 1. The molecule has 3 nitrogen and oxygen atoms in total. The van der Waals surface area contributed by atoms with E-state index in [0.29, 0.717) is 0 Å². The number of halogens is 1. The molecule has 1 aromatic heterocycles. The number of methoxy groups -OCH3 is 1. The van der Waals surface area contributed by atoms with E-state index in [4.69, 9.17) is 21.3 Å². The van der Waals surface area contributed by atoms with Gasteiger partial charge in [0.2, 0.25) is 0 Å². The molecule has 0 atom stereocenters. The molecule has 1 aromatic carbocycles. The number of hydrogen-bond donors (Lipinski definition) is 1. The number of nitrogens with one attached hydrogen (secondary N) is 1. The second-order valence-corrected chi connectivity index (χ2v) is 6.13. The molecule has 3 rings (SSSR count). The van der Waals surface area contributed by atoms with Crippen LogP contribution in [-0.2, 0) is 17.7 Å². The zero-order valence-corrected chi connectivity index (χ0v) is 12.3. The Balaban J connectivity index is 1.74. The normalized spacial score (nSPS) is 12.5. The summed E-state index contributed by atoms with van der Waals surface area (Å²) in [5, 5.41) is 5.27. The molecular weight excluding hydrogens is 280 g/mol. The summed E-state index contributed by atoms with van der Waals surface area (Å²) in [6.07, 6.45) is 0.959. The van der Waals surface area contributed by atoms with Crippen LogP contribution in [-0.4, -0.2) is 25.2 Å². The van der Waals surface area contributed by atoms with E-state index in [1.807, 2.05) is 12.1 Å². The molecule has 1 heterocycles. The van der Waals surface area contributed by atoms with Gasteiger partial charge < -0.3 is 10.1 Å². The van der Waals surface area contributed by atoms with E-state index in [0.717, 1.165) is 41.8 Å². The fourth-order valence-electron chi connectivity index (χ4n) is 2.29. The van der Waals surface area contributed by atoms with Crippen molar-refractivity contribution in [2.75, 3.05) is 20.3 Å². The van der Waals surface area contributed by atoms with Gasteiger partial charge in [0.1, 0.15) is 5.01 Å². The third kappa shape index (κ3) is 2.67. The summed E-state index contributed by atoms with van der Waals surface area (Å²) in [5.74, 6) is 0. The Morgan fingerprint density at radius 2 is 2.37 bits per heavy atom. The second kappa shape index (κ2) is 5.59. The van der Waals surface area contributed by atoms with E-state index in [1.54, 1.807) is 18.4 Å². The first-order valence-electron chi connectivity index (χ1n) is 6.25. The van der Waals surface area contributed by atoms with Crippen molar-refractivity contribution in [3.8, 4) is 11.3 Å². The molecule has 0 radical (unpaired) electrons. The highest BCUT2D eigenvalue weighted by Gasteiger charge is 2.23. The lowest BCUT2D eigenvalue weighted by atomic mass is 10.1. The first kappa shape index (κ1) is 13.1. The van der Waals surface area contributed by atoms with Crippen LogP contribution in [0.15, 0.2) is 18.2 Å². The molecule has 19 heavy (non-hydrogen) atoms. The molecule has 0 unspecified atom stereocenters. The van der Waals surface area contributed by atoms with Crippen LogP contribution < -0.4 is 5.32 Å². The van der Waals surface area contributed by atoms with Gasteiger partial charge in [-0.25, -0.2) is 4.98 Å². The molecule has 0 saturated heterocycles. The van der Waals surface area contributed by atoms with Crippen molar-refractivity contribution in [1.82, 2.24) is 10.3 Å². The topological polar surface area (TPSA) is 34.1 Å². The minimum atomic E-state index is 0.729. The van der Waals surface area contributed by atoms with Gasteiger partial charge in [0.05, 0.1) is 12.3 Å². The number of rotatable bonds is 5. The van der Waals surface area contributed by atoms with Gasteiger partial charge in [0, 0.05) is 42.1 Å². The largest absolute Gasteiger partial charge is 0.383 e. The predicted molar refractivity (Wildman–Crippen MR) is 78.9 cm³/mol. The Morgan fingerprint density at radius 1 is 1.47 bits per heavy atom. The van der Waals surface area contributed by atoms with Gasteiger partial charge >= 0.3 is 0 Å². The van der Waals surface area contributed by atoms with Crippen molar-refractivity contribution in [3.63, 3.8) is 0 Å². The molecule has 0 bridgehead atoms. The summed E-state index contributed by atoms with van der Waals surface area (Å²) in [5.41, 5.74) is 3.67. The highest BCUT2D eigenvalue weighted by molar-refractivity contribution is 7.12. The summed E-state index contributed by atoms with van der Waals surface area (Å²) in [4.78, 5) is 6.08. The van der Waals surface area contributed by atoms with Gasteiger partial charge in [0.25, 0.3) is 0 Å². The molecule has 1 N–H and O–H groups in total. The van der Waals surface area contributed by atoms with Crippen LogP contribution in [0.25, 0.3) is 11.3 Å². The van der Waals surface area contributed by atoms with Gasteiger partial charge in [-0.2, -0.15) is 0 Å². The molecule has 0 saturated carbocycles. The maximum atomic E-state index is 6.02. The quantitative estimate of drug-likeness (QED) is 0.734. The van der Waals surface area contributed by atoms with Gasteiger partial charge in [-0.15, -0.1) is 11.3 Å². The summed E-state index contributed by atoms with van der Waals surface area (Å²) in [6.45, 7) is 2.39. The zero-order chi connectivity index (χ0) is 13.2. The maximum Gasteiger partial charge on any atom is 0.107 e. The Bertz CT molecular complexity index is 597. The fourth-order valence-corrected chi connectivity index (χ4v) is 3.56. The molecule has 2 aromatic rings. The lowest BCUT2D eigenvalue weighted by Crippen LogP contribution is -2.18. The third-order valence-electron chi connectivity index (χ3n) is 3.17. The van der Waals surface area contributed by atoms with Gasteiger partial charge in [-0.05, 0) is 17.7 Å². The molecule has 0 aliphatic heterocycles. The van der Waals surface area contributed by atoms with Crippen molar-refractivity contribution in [2.45, 2.75) is 13.0 Å². The van der Waals surface area contributed by atoms with Crippen molar-refractivity contribution in [2.24, 2.45) is 0 Å². The second-order valence-electron chi connectivity index (χ2n) is 4.53. The minimum absolute atomic E-state index is 0.729. The minimum Gasteiger partial charge on any atom is -0.383 e. The van der Waals surface area contributed by atoms with Gasteiger partial charge in [0.15, 0.2) is 0 Å². The molecular formula is C14H15ClN2OS. The summed E-state index contributed by atoms with van der Waals surface area (Å²) in [7, 11) is 1.71. The monoisotopic (exact) mass is 294 g/mol. The van der Waals surface area contributed by atoms with E-state index in [-0.39, 0.29) is 0 Å². The molecule has 0 amide bonds. The first-order chi connectivity index (χ1) is 9.28. The SMILES string of the molecule is COCCNCc1nc2c(s1)Cc1cc(Cl)ccc1-2. The molecule has 1 aliphatic carbocycles. The van der Waals surface area contributed by atoms with Crippen molar-refractivity contribution in [3.05, 3.63) is 38.7 Å². The molecule has 0 spiro atoms. The Labute approximate surface area is 121 Å². The first-order valence-corrected chi connectivity index (χ1v) is 7.44. The van der Waals surface area contributed by atoms with Crippen LogP contribution in [0.5, 0.6) is 0 Å². The molecule has 1 aliphatic rings. The van der Waals surface area contributed by atoms with Crippen molar-refractivity contribution < 1.29 is 4.74 Å². The average molecular weight is 295 g/mol. The van der Waals surface area contributed by atoms with Gasteiger partial charge in [-0.1, -0.05) is 17.7 Å². The number of aromatic nitrogens is 1. The summed E-state index contributed by atoms with van der Waals surface area (Å²) in [6, 6.07) is 6.05. The Hall–Kier alpha value is -0.940. The Kier molecular flexibility index (Phi) is 3.84. The van der Waals surface area contributed by atoms with Crippen LogP contribution in [0.1, 0.15) is 15.4 Å². The van der Waals surface area contributed by atoms with Crippen molar-refractivity contribution >= 4 is 22.9 Å². The van der Waals surface area contributed by atoms with E-state index in [1.165, 1.54) is 16.0 Å². The fraction of sp³-hybridized carbons (Fsp3) is 0.357. The average Bonchev–Trinajstić information content (AvgIpc) is 2.91. The third-order valence-corrected chi connectivity index (χ3v) is 4.46. The molecule has 5 heteroatoms. The number of ether oxygens (including phenoxy) is 1. The van der Waals surface area contributed by atoms with Crippen LogP contribution in [0.2, 0.25) is 5.02 Å². The van der Waals surface area contributed by atoms with Gasteiger partial charge in [-0.3, -0.25) is 0 Å². The summed E-state index contributed by atoms with van der Waals surface area (Å²) < 4.78 is 5.01. The van der Waals surface area contributed by atoms with Crippen LogP contribution in [0.3, 0.4) is 0 Å². The lowest BCUT2D eigenvalue weighted by Gasteiger charge is -2.02. The predicted octanol–water partition coefficient (Wildman–Crippen LogP) is 3.10. The van der Waals surface area contributed by atoms with E-state index in [2.05, 4.69) is 11.4 Å². The number of fused-ring (bicyclic) bond motifs is 3. The number of hydrogen-bond acceptors (Lipinski definition) is 4. The van der Waals surface area contributed by atoms with Crippen LogP contribution in [0.4, 0.5) is 0 Å². The molecule has 100 valence electrons. The number of benzene rings is 1. The highest BCUT2D eigenvalue weighted by atomic mass is 35.5. The molecule has 0 fully saturated rings. The van der Waals surface area contributed by atoms with E-state index in [9.17, 15) is 0 Å². The van der Waals surface area contributed by atoms with E-state index < -0.39 is 0 Å². The van der Waals surface area contributed by atoms with Crippen LogP contribution in [0, 0.1) is 0 Å². The van der Waals surface area contributed by atoms with E-state index >= 15 is 0 Å². The summed E-state index contributed by atoms with van der Waals surface area (Å²) >= 11 is 7.81. The highest BCUT2D eigenvalue weighted by Crippen LogP contribution is 2.40. The van der Waals surface area contributed by atoms with Crippen molar-refractivity contribution in [1.29, 1.82) is 0 Å². The maximum absolute atomic E-state index is 6.02.